The summed E-state index contributed by atoms with van der Waals surface area (Å²) < 4.78 is 47.4. The second-order valence-electron chi connectivity index (χ2n) is 15.6. The SMILES string of the molecule is CC(C)Oc1cc2nc([C@H]3CC[C@H](CN(C)C4CCN(c5ccc(NC6CCC(=O)NC6=O)cc5)CC4)CC3)cn2cc1C(=O)Nc1cccc(C(F)(F)F)n1. The molecule has 1 atom stereocenters. The Kier molecular flexibility index (Phi) is 11.5. The Balaban J connectivity index is 0.907. The maximum absolute atomic E-state index is 13.4. The minimum absolute atomic E-state index is 0.171. The predicted molar refractivity (Wildman–Crippen MR) is 207 cm³/mol. The standard InChI is InChI=1S/C41H49F3N8O4/c1-25(2)56-34-21-37-46-33(24-52(37)23-31(34)39(54)48-36-6-4-5-35(47-36)41(42,43)44)27-9-7-26(8-10-27)22-50(3)29-17-19-51(20-18-29)30-13-11-28(12-14-30)45-32-15-16-38(53)49-40(32)55/h4-6,11-14,21,23-27,29,32,45H,7-10,15-20,22H2,1-3H3,(H,47,48,54)(H,49,53,55)/t26-,27-,32?. The minimum Gasteiger partial charge on any atom is -0.490 e. The zero-order valence-electron chi connectivity index (χ0n) is 31.9. The van der Waals surface area contributed by atoms with Crippen molar-refractivity contribution in [1.82, 2.24) is 24.6 Å². The molecule has 3 amide bonds. The second kappa shape index (κ2) is 16.5. The quantitative estimate of drug-likeness (QED) is 0.140. The third-order valence-electron chi connectivity index (χ3n) is 11.2. The number of nitrogens with one attached hydrogen (secondary N) is 3. The number of imide groups is 1. The molecule has 0 radical (unpaired) electrons. The van der Waals surface area contributed by atoms with Gasteiger partial charge in [-0.1, -0.05) is 6.07 Å². The monoisotopic (exact) mass is 774 g/mol. The number of carbonyl (C=O) groups is 3. The molecule has 298 valence electrons. The van der Waals surface area contributed by atoms with E-state index in [1.165, 1.54) is 17.8 Å². The van der Waals surface area contributed by atoms with Crippen molar-refractivity contribution in [3.63, 3.8) is 0 Å². The van der Waals surface area contributed by atoms with Crippen LogP contribution in [0.1, 0.15) is 92.9 Å². The van der Waals surface area contributed by atoms with Crippen LogP contribution in [-0.2, 0) is 15.8 Å². The number of ether oxygens (including phenoxy) is 1. The van der Waals surface area contributed by atoms with E-state index in [0.29, 0.717) is 36.2 Å². The van der Waals surface area contributed by atoms with Gasteiger partial charge < -0.3 is 29.6 Å². The lowest BCUT2D eigenvalue weighted by Gasteiger charge is -2.40. The van der Waals surface area contributed by atoms with Crippen molar-refractivity contribution < 1.29 is 32.3 Å². The number of amides is 3. The Morgan fingerprint density at radius 1 is 0.982 bits per heavy atom. The fraction of sp³-hybridized carbons (Fsp3) is 0.488. The molecule has 1 aliphatic carbocycles. The van der Waals surface area contributed by atoms with Crippen molar-refractivity contribution in [2.75, 3.05) is 42.2 Å². The molecule has 3 aromatic heterocycles. The van der Waals surface area contributed by atoms with E-state index in [1.807, 2.05) is 32.2 Å². The van der Waals surface area contributed by atoms with E-state index in [-0.39, 0.29) is 35.2 Å². The van der Waals surface area contributed by atoms with Crippen molar-refractivity contribution >= 4 is 40.6 Å². The van der Waals surface area contributed by atoms with E-state index in [2.05, 4.69) is 49.9 Å². The van der Waals surface area contributed by atoms with Gasteiger partial charge in [-0.15, -0.1) is 0 Å². The Bertz CT molecular complexity index is 2040. The number of carbonyl (C=O) groups excluding carboxylic acids is 3. The number of benzene rings is 1. The highest BCUT2D eigenvalue weighted by atomic mass is 19.4. The van der Waals surface area contributed by atoms with Crippen LogP contribution in [-0.4, -0.2) is 81.9 Å². The van der Waals surface area contributed by atoms with E-state index in [4.69, 9.17) is 9.72 Å². The predicted octanol–water partition coefficient (Wildman–Crippen LogP) is 6.88. The van der Waals surface area contributed by atoms with Crippen LogP contribution in [0.25, 0.3) is 5.65 Å². The molecule has 3 aliphatic rings. The molecule has 15 heteroatoms. The van der Waals surface area contributed by atoms with Gasteiger partial charge >= 0.3 is 6.18 Å². The number of pyridine rings is 2. The van der Waals surface area contributed by atoms with Gasteiger partial charge in [0.2, 0.25) is 11.8 Å². The lowest BCUT2D eigenvalue weighted by atomic mass is 9.80. The van der Waals surface area contributed by atoms with Crippen LogP contribution < -0.4 is 25.6 Å². The number of halogens is 3. The molecule has 1 unspecified atom stereocenters. The second-order valence-corrected chi connectivity index (χ2v) is 15.6. The van der Waals surface area contributed by atoms with Crippen molar-refractivity contribution in [3.05, 3.63) is 77.9 Å². The summed E-state index contributed by atoms with van der Waals surface area (Å²) in [6, 6.07) is 13.4. The van der Waals surface area contributed by atoms with Crippen molar-refractivity contribution in [1.29, 1.82) is 0 Å². The summed E-state index contributed by atoms with van der Waals surface area (Å²) >= 11 is 0. The van der Waals surface area contributed by atoms with E-state index in [9.17, 15) is 27.6 Å². The minimum atomic E-state index is -4.63. The molecule has 3 N–H and O–H groups in total. The van der Waals surface area contributed by atoms with Crippen molar-refractivity contribution in [2.45, 2.75) is 95.5 Å². The average molecular weight is 775 g/mol. The summed E-state index contributed by atoms with van der Waals surface area (Å²) in [5, 5.41) is 8.14. The summed E-state index contributed by atoms with van der Waals surface area (Å²) in [7, 11) is 2.25. The van der Waals surface area contributed by atoms with Gasteiger partial charge in [-0.3, -0.25) is 19.7 Å². The van der Waals surface area contributed by atoms with Crippen LogP contribution in [0.3, 0.4) is 0 Å². The number of hydrogen-bond donors (Lipinski definition) is 3. The van der Waals surface area contributed by atoms with Gasteiger partial charge in [0, 0.05) is 67.8 Å². The Hall–Kier alpha value is -5.18. The fourth-order valence-corrected chi connectivity index (χ4v) is 8.16. The normalized spacial score (nSPS) is 21.1. The molecule has 2 aliphatic heterocycles. The third kappa shape index (κ3) is 9.26. The smallest absolute Gasteiger partial charge is 0.433 e. The Labute approximate surface area is 324 Å². The van der Waals surface area contributed by atoms with E-state index in [0.717, 1.165) is 75.6 Å². The maximum atomic E-state index is 13.4. The van der Waals surface area contributed by atoms with Crippen molar-refractivity contribution in [2.24, 2.45) is 5.92 Å². The number of piperidine rings is 2. The lowest BCUT2D eigenvalue weighted by molar-refractivity contribution is -0.141. The molecule has 0 spiro atoms. The van der Waals surface area contributed by atoms with Gasteiger partial charge in [0.25, 0.3) is 5.91 Å². The molecular formula is C41H49F3N8O4. The first-order valence-corrected chi connectivity index (χ1v) is 19.5. The molecular weight excluding hydrogens is 725 g/mol. The molecule has 7 rings (SSSR count). The lowest BCUT2D eigenvalue weighted by Crippen LogP contribution is -2.47. The Morgan fingerprint density at radius 2 is 1.71 bits per heavy atom. The molecule has 5 heterocycles. The number of hydrogen-bond acceptors (Lipinski definition) is 9. The molecule has 2 saturated heterocycles. The summed E-state index contributed by atoms with van der Waals surface area (Å²) in [6.07, 6.45) is 5.91. The van der Waals surface area contributed by atoms with E-state index < -0.39 is 23.8 Å². The Morgan fingerprint density at radius 3 is 2.39 bits per heavy atom. The van der Waals surface area contributed by atoms with Crippen molar-refractivity contribution in [3.8, 4) is 5.75 Å². The van der Waals surface area contributed by atoms with Crippen LogP contribution in [0.15, 0.2) is 60.9 Å². The first-order chi connectivity index (χ1) is 26.8. The third-order valence-corrected chi connectivity index (χ3v) is 11.2. The largest absolute Gasteiger partial charge is 0.490 e. The maximum Gasteiger partial charge on any atom is 0.433 e. The van der Waals surface area contributed by atoms with E-state index in [1.54, 1.807) is 16.7 Å². The molecule has 56 heavy (non-hydrogen) atoms. The van der Waals surface area contributed by atoms with Gasteiger partial charge in [-0.25, -0.2) is 9.97 Å². The zero-order chi connectivity index (χ0) is 39.6. The number of rotatable bonds is 11. The van der Waals surface area contributed by atoms with Gasteiger partial charge in [0.05, 0.1) is 17.4 Å². The number of aromatic nitrogens is 3. The topological polar surface area (TPSA) is 133 Å². The summed E-state index contributed by atoms with van der Waals surface area (Å²) in [6.45, 7) is 6.68. The number of fused-ring (bicyclic) bond motifs is 1. The number of nitrogens with zero attached hydrogens (tertiary/aromatic N) is 5. The number of anilines is 3. The summed E-state index contributed by atoms with van der Waals surface area (Å²) in [4.78, 5) is 50.4. The summed E-state index contributed by atoms with van der Waals surface area (Å²) in [5.41, 5.74) is 2.71. The molecule has 3 fully saturated rings. The van der Waals surface area contributed by atoms with Crippen LogP contribution in [0.5, 0.6) is 5.75 Å². The number of imidazole rings is 1. The van der Waals surface area contributed by atoms with Gasteiger partial charge in [0.15, 0.2) is 0 Å². The van der Waals surface area contributed by atoms with Crippen LogP contribution in [0.4, 0.5) is 30.4 Å². The number of alkyl halides is 3. The first-order valence-electron chi connectivity index (χ1n) is 19.5. The highest BCUT2D eigenvalue weighted by molar-refractivity contribution is 6.06. The first kappa shape index (κ1) is 39.1. The molecule has 0 bridgehead atoms. The van der Waals surface area contributed by atoms with Gasteiger partial charge in [-0.05, 0) is 108 Å². The van der Waals surface area contributed by atoms with Gasteiger partial charge in [-0.2, -0.15) is 13.2 Å². The van der Waals surface area contributed by atoms with Gasteiger partial charge in [0.1, 0.15) is 29.0 Å². The van der Waals surface area contributed by atoms with Crippen LogP contribution >= 0.6 is 0 Å². The molecule has 12 nitrogen and oxygen atoms in total. The van der Waals surface area contributed by atoms with Crippen LogP contribution in [0, 0.1) is 5.92 Å². The highest BCUT2D eigenvalue weighted by Crippen LogP contribution is 2.37. The molecule has 1 aromatic carbocycles. The zero-order valence-corrected chi connectivity index (χ0v) is 31.9. The average Bonchev–Trinajstić information content (AvgIpc) is 3.59. The highest BCUT2D eigenvalue weighted by Gasteiger charge is 2.33. The molecule has 1 saturated carbocycles. The fourth-order valence-electron chi connectivity index (χ4n) is 8.16. The van der Waals surface area contributed by atoms with E-state index >= 15 is 0 Å². The van der Waals surface area contributed by atoms with Crippen LogP contribution in [0.2, 0.25) is 0 Å². The molecule has 4 aromatic rings. The summed E-state index contributed by atoms with van der Waals surface area (Å²) in [5.74, 6) is -0.149.